The fraction of sp³-hybridized carbons (Fsp3) is 0.524. The predicted octanol–water partition coefficient (Wildman–Crippen LogP) is 4.43. The molecule has 0 saturated carbocycles. The van der Waals surface area contributed by atoms with Crippen molar-refractivity contribution in [1.29, 1.82) is 0 Å². The molecule has 27 heavy (non-hydrogen) atoms. The van der Waals surface area contributed by atoms with Gasteiger partial charge in [-0.3, -0.25) is 4.99 Å². The van der Waals surface area contributed by atoms with Gasteiger partial charge in [-0.15, -0.1) is 24.0 Å². The second kappa shape index (κ2) is 12.8. The van der Waals surface area contributed by atoms with Crippen molar-refractivity contribution in [2.24, 2.45) is 4.99 Å². The Morgan fingerprint density at radius 3 is 2.59 bits per heavy atom. The van der Waals surface area contributed by atoms with E-state index in [9.17, 15) is 0 Å². The Labute approximate surface area is 181 Å². The zero-order valence-corrected chi connectivity index (χ0v) is 19.4. The quantitative estimate of drug-likeness (QED) is 0.249. The van der Waals surface area contributed by atoms with E-state index < -0.39 is 0 Å². The molecule has 0 saturated heterocycles. The summed E-state index contributed by atoms with van der Waals surface area (Å²) in [6, 6.07) is 10.3. The predicted molar refractivity (Wildman–Crippen MR) is 126 cm³/mol. The number of aromatic nitrogens is 2. The van der Waals surface area contributed by atoms with Crippen LogP contribution in [-0.2, 0) is 6.42 Å². The number of guanidine groups is 1. The third-order valence-electron chi connectivity index (χ3n) is 4.43. The lowest BCUT2D eigenvalue weighted by Crippen LogP contribution is -2.39. The second-order valence-corrected chi connectivity index (χ2v) is 6.63. The molecule has 2 aromatic rings. The molecule has 0 fully saturated rings. The van der Waals surface area contributed by atoms with Crippen LogP contribution < -0.4 is 5.32 Å². The first-order valence-corrected chi connectivity index (χ1v) is 9.75. The maximum Gasteiger partial charge on any atom is 0.193 e. The second-order valence-electron chi connectivity index (χ2n) is 6.63. The summed E-state index contributed by atoms with van der Waals surface area (Å²) < 4.78 is 1.97. The molecule has 1 N–H and O–H groups in total. The smallest absolute Gasteiger partial charge is 0.193 e. The number of hydrogen-bond acceptors (Lipinski definition) is 2. The van der Waals surface area contributed by atoms with Gasteiger partial charge in [0, 0.05) is 32.9 Å². The summed E-state index contributed by atoms with van der Waals surface area (Å²) in [6.45, 7) is 9.19. The standard InChI is InChI=1S/C21H33N5.HI/c1-5-7-16-25(4)21(22-6-2)23-15-11-12-19-17-26(24-18(19)3)20-13-9-8-10-14-20;/h8-10,13-14,17H,5-7,11-12,15-16H2,1-4H3,(H,22,23);1H. The van der Waals surface area contributed by atoms with E-state index in [0.717, 1.165) is 49.8 Å². The van der Waals surface area contributed by atoms with Crippen molar-refractivity contribution in [3.05, 3.63) is 47.8 Å². The van der Waals surface area contributed by atoms with Crippen molar-refractivity contribution in [2.45, 2.75) is 46.5 Å². The highest BCUT2D eigenvalue weighted by molar-refractivity contribution is 14.0. The largest absolute Gasteiger partial charge is 0.357 e. The van der Waals surface area contributed by atoms with Crippen LogP contribution in [0.15, 0.2) is 41.5 Å². The molecule has 0 aliphatic rings. The summed E-state index contributed by atoms with van der Waals surface area (Å²) >= 11 is 0. The molecule has 1 heterocycles. The molecule has 150 valence electrons. The van der Waals surface area contributed by atoms with Crippen molar-refractivity contribution in [2.75, 3.05) is 26.7 Å². The van der Waals surface area contributed by atoms with Gasteiger partial charge in [0.25, 0.3) is 0 Å². The van der Waals surface area contributed by atoms with E-state index in [1.807, 2.05) is 22.9 Å². The molecule has 0 spiro atoms. The first-order valence-electron chi connectivity index (χ1n) is 9.75. The number of para-hydroxylation sites is 1. The Hall–Kier alpha value is -1.57. The number of halogens is 1. The minimum atomic E-state index is 0. The fourth-order valence-electron chi connectivity index (χ4n) is 2.88. The van der Waals surface area contributed by atoms with Crippen molar-refractivity contribution in [3.8, 4) is 5.69 Å². The number of nitrogens with one attached hydrogen (secondary N) is 1. The highest BCUT2D eigenvalue weighted by Gasteiger charge is 2.07. The first-order chi connectivity index (χ1) is 12.7. The van der Waals surface area contributed by atoms with E-state index >= 15 is 0 Å². The molecule has 1 aromatic heterocycles. The van der Waals surface area contributed by atoms with Gasteiger partial charge < -0.3 is 10.2 Å². The van der Waals surface area contributed by atoms with Gasteiger partial charge >= 0.3 is 0 Å². The van der Waals surface area contributed by atoms with Crippen molar-refractivity contribution in [3.63, 3.8) is 0 Å². The number of benzene rings is 1. The SMILES string of the molecule is CCCCN(C)C(=NCCCc1cn(-c2ccccc2)nc1C)NCC.I. The number of aliphatic imine (C=N–C) groups is 1. The first kappa shape index (κ1) is 23.5. The lowest BCUT2D eigenvalue weighted by Gasteiger charge is -2.21. The zero-order valence-electron chi connectivity index (χ0n) is 17.1. The van der Waals surface area contributed by atoms with Crippen LogP contribution in [0.5, 0.6) is 0 Å². The molecule has 0 unspecified atom stereocenters. The molecular weight excluding hydrogens is 449 g/mol. The molecule has 0 aliphatic heterocycles. The van der Waals surface area contributed by atoms with Crippen LogP contribution in [0.4, 0.5) is 0 Å². The van der Waals surface area contributed by atoms with Gasteiger partial charge in [0.2, 0.25) is 0 Å². The normalized spacial score (nSPS) is 11.2. The molecule has 0 atom stereocenters. The van der Waals surface area contributed by atoms with Gasteiger partial charge in [0.1, 0.15) is 0 Å². The van der Waals surface area contributed by atoms with E-state index in [1.165, 1.54) is 18.4 Å². The van der Waals surface area contributed by atoms with Gasteiger partial charge in [-0.05, 0) is 50.8 Å². The van der Waals surface area contributed by atoms with Crippen LogP contribution in [-0.4, -0.2) is 47.3 Å². The summed E-state index contributed by atoms with van der Waals surface area (Å²) in [7, 11) is 2.12. The highest BCUT2D eigenvalue weighted by Crippen LogP contribution is 2.13. The molecule has 1 aromatic carbocycles. The monoisotopic (exact) mass is 483 g/mol. The average Bonchev–Trinajstić information content (AvgIpc) is 3.03. The Kier molecular flexibility index (Phi) is 11.1. The molecule has 2 rings (SSSR count). The van der Waals surface area contributed by atoms with E-state index in [1.54, 1.807) is 0 Å². The van der Waals surface area contributed by atoms with Gasteiger partial charge in [0.15, 0.2) is 5.96 Å². The summed E-state index contributed by atoms with van der Waals surface area (Å²) in [4.78, 5) is 7.01. The molecule has 0 bridgehead atoms. The van der Waals surface area contributed by atoms with Crippen molar-refractivity contribution < 1.29 is 0 Å². The number of rotatable bonds is 9. The van der Waals surface area contributed by atoms with E-state index in [-0.39, 0.29) is 24.0 Å². The Bertz CT molecular complexity index is 681. The topological polar surface area (TPSA) is 45.5 Å². The van der Waals surface area contributed by atoms with E-state index in [4.69, 9.17) is 4.99 Å². The minimum Gasteiger partial charge on any atom is -0.357 e. The molecule has 0 aliphatic carbocycles. The summed E-state index contributed by atoms with van der Waals surface area (Å²) in [5, 5.41) is 8.03. The van der Waals surface area contributed by atoms with Crippen LogP contribution in [0.2, 0.25) is 0 Å². The highest BCUT2D eigenvalue weighted by atomic mass is 127. The minimum absolute atomic E-state index is 0. The van der Waals surface area contributed by atoms with Crippen molar-refractivity contribution in [1.82, 2.24) is 20.0 Å². The molecule has 5 nitrogen and oxygen atoms in total. The van der Waals surface area contributed by atoms with Crippen LogP contribution in [0, 0.1) is 6.92 Å². The number of nitrogens with zero attached hydrogens (tertiary/aromatic N) is 4. The average molecular weight is 483 g/mol. The maximum absolute atomic E-state index is 4.78. The van der Waals surface area contributed by atoms with Crippen molar-refractivity contribution >= 4 is 29.9 Å². The van der Waals surface area contributed by atoms with Gasteiger partial charge in [0.05, 0.1) is 11.4 Å². The van der Waals surface area contributed by atoms with Crippen LogP contribution in [0.3, 0.4) is 0 Å². The molecular formula is C21H34IN5. The molecule has 0 amide bonds. The van der Waals surface area contributed by atoms with Gasteiger partial charge in [-0.25, -0.2) is 4.68 Å². The summed E-state index contributed by atoms with van der Waals surface area (Å²) in [5.41, 5.74) is 3.50. The maximum atomic E-state index is 4.78. The fourth-order valence-corrected chi connectivity index (χ4v) is 2.88. The van der Waals surface area contributed by atoms with Crippen LogP contribution in [0.1, 0.15) is 44.4 Å². The van der Waals surface area contributed by atoms with Crippen LogP contribution in [0.25, 0.3) is 5.69 Å². The summed E-state index contributed by atoms with van der Waals surface area (Å²) in [5.74, 6) is 1.01. The van der Waals surface area contributed by atoms with Gasteiger partial charge in [-0.1, -0.05) is 31.5 Å². The Morgan fingerprint density at radius 2 is 1.93 bits per heavy atom. The van der Waals surface area contributed by atoms with E-state index in [2.05, 4.69) is 61.5 Å². The Balaban J connectivity index is 0.00000364. The zero-order chi connectivity index (χ0) is 18.8. The molecule has 6 heteroatoms. The third kappa shape index (κ3) is 7.52. The lowest BCUT2D eigenvalue weighted by atomic mass is 10.1. The number of hydrogen-bond donors (Lipinski definition) is 1. The number of unbranched alkanes of at least 4 members (excludes halogenated alkanes) is 1. The lowest BCUT2D eigenvalue weighted by molar-refractivity contribution is 0.464. The van der Waals surface area contributed by atoms with E-state index in [0.29, 0.717) is 0 Å². The summed E-state index contributed by atoms with van der Waals surface area (Å²) in [6.07, 6.45) is 6.57. The third-order valence-corrected chi connectivity index (χ3v) is 4.43. The molecule has 0 radical (unpaired) electrons. The van der Waals surface area contributed by atoms with Crippen LogP contribution >= 0.6 is 24.0 Å². The number of aryl methyl sites for hydroxylation is 2. The van der Waals surface area contributed by atoms with Gasteiger partial charge in [-0.2, -0.15) is 5.10 Å². The Morgan fingerprint density at radius 1 is 1.19 bits per heavy atom.